The molecule has 1 N–H and O–H groups in total. The third-order valence-electron chi connectivity index (χ3n) is 0.898. The highest BCUT2D eigenvalue weighted by molar-refractivity contribution is 6.35. The van der Waals surface area contributed by atoms with Gasteiger partial charge in [0.15, 0.2) is 0 Å². The lowest BCUT2D eigenvalue weighted by Crippen LogP contribution is -2.25. The van der Waals surface area contributed by atoms with E-state index in [0.717, 1.165) is 0 Å². The van der Waals surface area contributed by atoms with Gasteiger partial charge < -0.3 is 9.84 Å². The lowest BCUT2D eigenvalue weighted by Gasteiger charge is -2.02. The quantitative estimate of drug-likeness (QED) is 0.284. The van der Waals surface area contributed by atoms with E-state index in [2.05, 4.69) is 4.74 Å². The van der Waals surface area contributed by atoms with E-state index in [1.807, 2.05) is 0 Å². The van der Waals surface area contributed by atoms with Crippen LogP contribution < -0.4 is 0 Å². The molecule has 0 amide bonds. The van der Waals surface area contributed by atoms with Crippen molar-refractivity contribution in [1.29, 1.82) is 0 Å². The minimum atomic E-state index is -2.11. The predicted molar refractivity (Wildman–Crippen MR) is 26.5 cm³/mol. The van der Waals surface area contributed by atoms with Crippen LogP contribution in [0.15, 0.2) is 0 Å². The van der Waals surface area contributed by atoms with E-state index in [9.17, 15) is 9.59 Å². The van der Waals surface area contributed by atoms with Crippen molar-refractivity contribution in [3.63, 3.8) is 0 Å². The smallest absolute Gasteiger partial charge is 0.362 e. The standard InChI is InChI=1S/C4H3ClO4/c5-4(8)1-2(6)9-3(4)7/h8H,1H2. The van der Waals surface area contributed by atoms with Crippen molar-refractivity contribution in [2.75, 3.05) is 0 Å². The molecule has 0 aromatic rings. The second-order valence-corrected chi connectivity index (χ2v) is 2.32. The van der Waals surface area contributed by atoms with E-state index in [1.54, 1.807) is 0 Å². The molecule has 0 spiro atoms. The molecular weight excluding hydrogens is 147 g/mol. The van der Waals surface area contributed by atoms with Crippen LogP contribution in [0.5, 0.6) is 0 Å². The molecule has 1 heterocycles. The van der Waals surface area contributed by atoms with Gasteiger partial charge in [-0.1, -0.05) is 11.6 Å². The van der Waals surface area contributed by atoms with E-state index < -0.39 is 23.4 Å². The van der Waals surface area contributed by atoms with Gasteiger partial charge in [0.1, 0.15) is 6.42 Å². The van der Waals surface area contributed by atoms with Gasteiger partial charge in [0.05, 0.1) is 0 Å². The fraction of sp³-hybridized carbons (Fsp3) is 0.500. The number of cyclic esters (lactones) is 2. The lowest BCUT2D eigenvalue weighted by molar-refractivity contribution is -0.155. The van der Waals surface area contributed by atoms with Crippen LogP contribution in [-0.2, 0) is 14.3 Å². The Balaban J connectivity index is 2.81. The fourth-order valence-electron chi connectivity index (χ4n) is 0.481. The molecule has 1 aliphatic heterocycles. The maximum Gasteiger partial charge on any atom is 0.362 e. The first-order valence-electron chi connectivity index (χ1n) is 2.19. The van der Waals surface area contributed by atoms with Crippen LogP contribution >= 0.6 is 11.6 Å². The highest BCUT2D eigenvalue weighted by atomic mass is 35.5. The fourth-order valence-corrected chi connectivity index (χ4v) is 0.629. The average molecular weight is 151 g/mol. The Morgan fingerprint density at radius 1 is 1.67 bits per heavy atom. The summed E-state index contributed by atoms with van der Waals surface area (Å²) in [6.45, 7) is 0. The van der Waals surface area contributed by atoms with Crippen molar-refractivity contribution < 1.29 is 19.4 Å². The van der Waals surface area contributed by atoms with Crippen LogP contribution in [0.4, 0.5) is 0 Å². The number of hydrogen-bond donors (Lipinski definition) is 1. The van der Waals surface area contributed by atoms with Crippen LogP contribution in [0.3, 0.4) is 0 Å². The summed E-state index contributed by atoms with van der Waals surface area (Å²) in [4.78, 5) is 20.5. The molecule has 9 heavy (non-hydrogen) atoms. The van der Waals surface area contributed by atoms with Crippen LogP contribution in [0.25, 0.3) is 0 Å². The summed E-state index contributed by atoms with van der Waals surface area (Å²) in [6, 6.07) is 0. The SMILES string of the molecule is O=C1CC(O)(Cl)C(=O)O1. The number of alkyl halides is 1. The minimum absolute atomic E-state index is 0.465. The summed E-state index contributed by atoms with van der Waals surface area (Å²) in [5, 5.41) is 6.59. The Labute approximate surface area is 55.4 Å². The molecule has 0 saturated carbocycles. The second-order valence-electron chi connectivity index (χ2n) is 1.70. The number of halogens is 1. The number of rotatable bonds is 0. The van der Waals surface area contributed by atoms with Crippen LogP contribution in [0.1, 0.15) is 6.42 Å². The van der Waals surface area contributed by atoms with Crippen molar-refractivity contribution >= 4 is 23.5 Å². The summed E-state index contributed by atoms with van der Waals surface area (Å²) in [6.07, 6.45) is -0.465. The normalized spacial score (nSPS) is 34.9. The predicted octanol–water partition coefficient (Wildman–Crippen LogP) is -0.613. The van der Waals surface area contributed by atoms with Gasteiger partial charge in [0, 0.05) is 0 Å². The molecule has 0 aromatic carbocycles. The highest BCUT2D eigenvalue weighted by Crippen LogP contribution is 2.24. The molecule has 5 heteroatoms. The lowest BCUT2D eigenvalue weighted by atomic mass is 10.3. The van der Waals surface area contributed by atoms with Gasteiger partial charge in [-0.3, -0.25) is 4.79 Å². The van der Waals surface area contributed by atoms with Crippen LogP contribution in [0, 0.1) is 0 Å². The minimum Gasteiger partial charge on any atom is -0.390 e. The number of ether oxygens (including phenoxy) is 1. The van der Waals surface area contributed by atoms with Gasteiger partial charge in [-0.15, -0.1) is 0 Å². The zero-order valence-electron chi connectivity index (χ0n) is 4.26. The Morgan fingerprint density at radius 3 is 2.33 bits per heavy atom. The van der Waals surface area contributed by atoms with Gasteiger partial charge in [0.2, 0.25) is 5.06 Å². The van der Waals surface area contributed by atoms with E-state index in [1.165, 1.54) is 0 Å². The maximum atomic E-state index is 10.3. The Kier molecular flexibility index (Phi) is 1.22. The van der Waals surface area contributed by atoms with E-state index in [4.69, 9.17) is 16.7 Å². The number of hydrogen-bond acceptors (Lipinski definition) is 4. The highest BCUT2D eigenvalue weighted by Gasteiger charge is 2.46. The summed E-state index contributed by atoms with van der Waals surface area (Å²) in [7, 11) is 0. The van der Waals surface area contributed by atoms with Crippen molar-refractivity contribution in [2.45, 2.75) is 11.5 Å². The molecule has 1 fully saturated rings. The summed E-state index contributed by atoms with van der Waals surface area (Å²) < 4.78 is 3.92. The molecule has 4 nitrogen and oxygen atoms in total. The number of esters is 2. The third-order valence-corrected chi connectivity index (χ3v) is 1.19. The molecule has 0 bridgehead atoms. The van der Waals surface area contributed by atoms with Crippen molar-refractivity contribution in [1.82, 2.24) is 0 Å². The van der Waals surface area contributed by atoms with Gasteiger partial charge >= 0.3 is 11.9 Å². The molecule has 0 aliphatic carbocycles. The average Bonchev–Trinajstić information content (AvgIpc) is 1.79. The van der Waals surface area contributed by atoms with Crippen molar-refractivity contribution in [2.24, 2.45) is 0 Å². The van der Waals surface area contributed by atoms with Gasteiger partial charge in [-0.25, -0.2) is 4.79 Å². The zero-order valence-corrected chi connectivity index (χ0v) is 5.01. The summed E-state index contributed by atoms with van der Waals surface area (Å²) in [5.41, 5.74) is 0. The third kappa shape index (κ3) is 1.04. The number of aliphatic hydroxyl groups is 1. The number of carbonyl (C=O) groups excluding carboxylic acids is 2. The topological polar surface area (TPSA) is 63.6 Å². The second kappa shape index (κ2) is 1.68. The molecule has 50 valence electrons. The number of carbonyl (C=O) groups is 2. The Hall–Kier alpha value is -0.610. The molecule has 1 aliphatic rings. The molecule has 1 unspecified atom stereocenters. The first-order valence-corrected chi connectivity index (χ1v) is 2.56. The van der Waals surface area contributed by atoms with Crippen molar-refractivity contribution in [3.05, 3.63) is 0 Å². The zero-order chi connectivity index (χ0) is 7.07. The molecule has 1 atom stereocenters. The Morgan fingerprint density at radius 2 is 2.22 bits per heavy atom. The van der Waals surface area contributed by atoms with Crippen molar-refractivity contribution in [3.8, 4) is 0 Å². The molecule has 0 radical (unpaired) electrons. The first-order chi connectivity index (χ1) is 4.02. The van der Waals surface area contributed by atoms with Gasteiger partial charge in [-0.2, -0.15) is 0 Å². The van der Waals surface area contributed by atoms with Crippen LogP contribution in [-0.4, -0.2) is 22.1 Å². The van der Waals surface area contributed by atoms with Gasteiger partial charge in [0.25, 0.3) is 0 Å². The monoisotopic (exact) mass is 150 g/mol. The van der Waals surface area contributed by atoms with E-state index >= 15 is 0 Å². The van der Waals surface area contributed by atoms with E-state index in [0.29, 0.717) is 0 Å². The molecule has 1 saturated heterocycles. The maximum absolute atomic E-state index is 10.3. The summed E-state index contributed by atoms with van der Waals surface area (Å²) in [5.74, 6) is -1.88. The Bertz CT molecular complexity index is 173. The first kappa shape index (κ1) is 6.51. The van der Waals surface area contributed by atoms with E-state index in [-0.39, 0.29) is 0 Å². The summed E-state index contributed by atoms with van der Waals surface area (Å²) >= 11 is 5.07. The van der Waals surface area contributed by atoms with Gasteiger partial charge in [-0.05, 0) is 0 Å². The van der Waals surface area contributed by atoms with Crippen LogP contribution in [0.2, 0.25) is 0 Å². The molecule has 1 rings (SSSR count). The molecule has 0 aromatic heterocycles. The molecular formula is C4H3ClO4. The largest absolute Gasteiger partial charge is 0.390 e.